The molecular weight excluding hydrogens is 350 g/mol. The molecule has 2 aromatic rings. The van der Waals surface area contributed by atoms with Crippen LogP contribution in [0.1, 0.15) is 30.0 Å². The molecule has 1 N–H and O–H groups in total. The first kappa shape index (κ1) is 20.1. The third-order valence-corrected chi connectivity index (χ3v) is 4.36. The van der Waals surface area contributed by atoms with Gasteiger partial charge in [-0.1, -0.05) is 24.6 Å². The molecule has 1 atom stereocenters. The summed E-state index contributed by atoms with van der Waals surface area (Å²) in [5, 5.41) is 3.54. The first-order valence-electron chi connectivity index (χ1n) is 8.80. The number of hydrogen-bond acceptors (Lipinski definition) is 3. The van der Waals surface area contributed by atoms with Crippen LogP contribution in [0.5, 0.6) is 11.5 Å². The average molecular weight is 376 g/mol. The number of ether oxygens (including phenoxy) is 2. The lowest BCUT2D eigenvalue weighted by atomic mass is 10.1. The first-order chi connectivity index (χ1) is 12.4. The summed E-state index contributed by atoms with van der Waals surface area (Å²) in [7, 11) is 0. The summed E-state index contributed by atoms with van der Waals surface area (Å²) < 4.78 is 11.5. The average Bonchev–Trinajstić information content (AvgIpc) is 2.58. The second-order valence-electron chi connectivity index (χ2n) is 6.39. The van der Waals surface area contributed by atoms with Crippen molar-refractivity contribution in [1.82, 2.24) is 5.32 Å². The minimum absolute atomic E-state index is 0.149. The molecule has 0 saturated heterocycles. The molecule has 0 spiro atoms. The zero-order valence-electron chi connectivity index (χ0n) is 15.8. The predicted molar refractivity (Wildman–Crippen MR) is 105 cm³/mol. The summed E-state index contributed by atoms with van der Waals surface area (Å²) in [5.74, 6) is 1.31. The lowest BCUT2D eigenvalue weighted by molar-refractivity contribution is -0.128. The predicted octanol–water partition coefficient (Wildman–Crippen LogP) is 4.62. The van der Waals surface area contributed by atoms with E-state index in [-0.39, 0.29) is 5.91 Å². The molecular formula is C21H26ClNO3. The highest BCUT2D eigenvalue weighted by molar-refractivity contribution is 6.31. The van der Waals surface area contributed by atoms with Gasteiger partial charge in [-0.05, 0) is 74.2 Å². The number of carbonyl (C=O) groups excluding carboxylic acids is 1. The highest BCUT2D eigenvalue weighted by atomic mass is 35.5. The number of halogens is 1. The monoisotopic (exact) mass is 375 g/mol. The maximum absolute atomic E-state index is 12.3. The van der Waals surface area contributed by atoms with Gasteiger partial charge in [0.05, 0.1) is 6.54 Å². The summed E-state index contributed by atoms with van der Waals surface area (Å²) in [6.45, 7) is 8.71. The fourth-order valence-corrected chi connectivity index (χ4v) is 2.77. The molecule has 0 aliphatic heterocycles. The summed E-state index contributed by atoms with van der Waals surface area (Å²) in [5.41, 5.74) is 3.23. The number of aryl methyl sites for hydroxylation is 3. The van der Waals surface area contributed by atoms with Crippen molar-refractivity contribution in [2.24, 2.45) is 0 Å². The lowest BCUT2D eigenvalue weighted by Gasteiger charge is -2.18. The van der Waals surface area contributed by atoms with E-state index in [1.807, 2.05) is 45.9 Å². The fraction of sp³-hybridized carbons (Fsp3) is 0.381. The highest BCUT2D eigenvalue weighted by Crippen LogP contribution is 2.22. The molecule has 0 heterocycles. The van der Waals surface area contributed by atoms with Crippen molar-refractivity contribution in [2.75, 3.05) is 13.2 Å². The van der Waals surface area contributed by atoms with E-state index < -0.39 is 6.10 Å². The van der Waals surface area contributed by atoms with Gasteiger partial charge in [0, 0.05) is 5.02 Å². The molecule has 26 heavy (non-hydrogen) atoms. The van der Waals surface area contributed by atoms with Crippen molar-refractivity contribution in [3.63, 3.8) is 0 Å². The molecule has 2 aromatic carbocycles. The van der Waals surface area contributed by atoms with Crippen LogP contribution in [0.25, 0.3) is 0 Å². The van der Waals surface area contributed by atoms with E-state index in [2.05, 4.69) is 11.4 Å². The second-order valence-corrected chi connectivity index (χ2v) is 6.80. The van der Waals surface area contributed by atoms with Crippen LogP contribution in [0.15, 0.2) is 36.4 Å². The van der Waals surface area contributed by atoms with Gasteiger partial charge in [0.25, 0.3) is 5.91 Å². The summed E-state index contributed by atoms with van der Waals surface area (Å²) in [4.78, 5) is 12.3. The second kappa shape index (κ2) is 9.48. The molecule has 0 radical (unpaired) electrons. The van der Waals surface area contributed by atoms with Crippen molar-refractivity contribution in [2.45, 2.75) is 40.2 Å². The fourth-order valence-electron chi connectivity index (χ4n) is 2.65. The third-order valence-electron chi connectivity index (χ3n) is 3.94. The number of amides is 1. The zero-order valence-corrected chi connectivity index (χ0v) is 16.5. The van der Waals surface area contributed by atoms with Gasteiger partial charge in [-0.15, -0.1) is 0 Å². The van der Waals surface area contributed by atoms with Crippen LogP contribution in [-0.2, 0) is 4.79 Å². The van der Waals surface area contributed by atoms with Gasteiger partial charge >= 0.3 is 0 Å². The highest BCUT2D eigenvalue weighted by Gasteiger charge is 2.18. The molecule has 2 rings (SSSR count). The molecule has 0 saturated carbocycles. The van der Waals surface area contributed by atoms with Crippen molar-refractivity contribution < 1.29 is 14.3 Å². The number of carbonyl (C=O) groups is 1. The van der Waals surface area contributed by atoms with E-state index in [4.69, 9.17) is 21.1 Å². The number of nitrogens with one attached hydrogen (secondary N) is 1. The molecule has 5 heteroatoms. The van der Waals surface area contributed by atoms with Crippen molar-refractivity contribution in [3.05, 3.63) is 58.1 Å². The van der Waals surface area contributed by atoms with E-state index in [1.165, 1.54) is 0 Å². The molecule has 0 unspecified atom stereocenters. The van der Waals surface area contributed by atoms with Crippen LogP contribution in [-0.4, -0.2) is 25.2 Å². The number of rotatable bonds is 8. The van der Waals surface area contributed by atoms with Gasteiger partial charge in [0.15, 0.2) is 6.10 Å². The standard InChI is InChI=1S/C21H26ClNO3/c1-5-20(26-17-6-7-19(22)16(4)13-17)21(24)23-8-9-25-18-11-14(2)10-15(3)12-18/h6-7,10-13,20H,5,8-9H2,1-4H3,(H,23,24)/t20-/m0/s1. The molecule has 0 bridgehead atoms. The lowest BCUT2D eigenvalue weighted by Crippen LogP contribution is -2.39. The van der Waals surface area contributed by atoms with E-state index in [1.54, 1.807) is 12.1 Å². The molecule has 1 amide bonds. The smallest absolute Gasteiger partial charge is 0.261 e. The Labute approximate surface area is 160 Å². The Morgan fingerprint density at radius 3 is 2.38 bits per heavy atom. The van der Waals surface area contributed by atoms with Gasteiger partial charge in [-0.25, -0.2) is 0 Å². The Kier molecular flexibility index (Phi) is 7.34. The van der Waals surface area contributed by atoms with E-state index in [0.29, 0.717) is 30.3 Å². The normalized spacial score (nSPS) is 11.7. The molecule has 140 valence electrons. The first-order valence-corrected chi connectivity index (χ1v) is 9.18. The van der Waals surface area contributed by atoms with Crippen molar-refractivity contribution in [1.29, 1.82) is 0 Å². The van der Waals surface area contributed by atoms with Gasteiger partial charge in [0.2, 0.25) is 0 Å². The van der Waals surface area contributed by atoms with E-state index in [9.17, 15) is 4.79 Å². The maximum Gasteiger partial charge on any atom is 0.261 e. The summed E-state index contributed by atoms with van der Waals surface area (Å²) in [6.07, 6.45) is 0.0302. The zero-order chi connectivity index (χ0) is 19.1. The largest absolute Gasteiger partial charge is 0.492 e. The molecule has 0 aliphatic rings. The molecule has 0 fully saturated rings. The van der Waals surface area contributed by atoms with E-state index in [0.717, 1.165) is 22.4 Å². The number of benzene rings is 2. The van der Waals surface area contributed by atoms with Crippen molar-refractivity contribution >= 4 is 17.5 Å². The summed E-state index contributed by atoms with van der Waals surface area (Å²) in [6, 6.07) is 11.4. The topological polar surface area (TPSA) is 47.6 Å². The quantitative estimate of drug-likeness (QED) is 0.685. The Hall–Kier alpha value is -2.20. The van der Waals surface area contributed by atoms with Gasteiger partial charge in [-0.3, -0.25) is 4.79 Å². The van der Waals surface area contributed by atoms with Crippen LogP contribution in [0, 0.1) is 20.8 Å². The van der Waals surface area contributed by atoms with Crippen molar-refractivity contribution in [3.8, 4) is 11.5 Å². The van der Waals surface area contributed by atoms with Crippen LogP contribution >= 0.6 is 11.6 Å². The minimum atomic E-state index is -0.545. The van der Waals surface area contributed by atoms with Crippen LogP contribution in [0.3, 0.4) is 0 Å². The maximum atomic E-state index is 12.3. The SMILES string of the molecule is CC[C@H](Oc1ccc(Cl)c(C)c1)C(=O)NCCOc1cc(C)cc(C)c1. The van der Waals surface area contributed by atoms with Gasteiger partial charge in [-0.2, -0.15) is 0 Å². The van der Waals surface area contributed by atoms with Crippen LogP contribution in [0.2, 0.25) is 5.02 Å². The third kappa shape index (κ3) is 5.95. The summed E-state index contributed by atoms with van der Waals surface area (Å²) >= 11 is 6.02. The van der Waals surface area contributed by atoms with Gasteiger partial charge < -0.3 is 14.8 Å². The van der Waals surface area contributed by atoms with Crippen LogP contribution < -0.4 is 14.8 Å². The van der Waals surface area contributed by atoms with Crippen LogP contribution in [0.4, 0.5) is 0 Å². The molecule has 4 nitrogen and oxygen atoms in total. The van der Waals surface area contributed by atoms with E-state index >= 15 is 0 Å². The molecule has 0 aromatic heterocycles. The number of hydrogen-bond donors (Lipinski definition) is 1. The Morgan fingerprint density at radius 2 is 1.77 bits per heavy atom. The minimum Gasteiger partial charge on any atom is -0.492 e. The Bertz CT molecular complexity index is 741. The van der Waals surface area contributed by atoms with Gasteiger partial charge in [0.1, 0.15) is 18.1 Å². The Morgan fingerprint density at radius 1 is 1.08 bits per heavy atom. The molecule has 0 aliphatic carbocycles. The Balaban J connectivity index is 1.82.